The van der Waals surface area contributed by atoms with Gasteiger partial charge in [0.05, 0.1) is 6.54 Å². The van der Waals surface area contributed by atoms with Gasteiger partial charge in [0.25, 0.3) is 0 Å². The van der Waals surface area contributed by atoms with Gasteiger partial charge in [-0.2, -0.15) is 0 Å². The van der Waals surface area contributed by atoms with E-state index in [0.29, 0.717) is 5.92 Å². The van der Waals surface area contributed by atoms with Gasteiger partial charge in [0.2, 0.25) is 11.8 Å². The first-order valence-corrected chi connectivity index (χ1v) is 9.30. The van der Waals surface area contributed by atoms with Crippen molar-refractivity contribution in [3.8, 4) is 0 Å². The largest absolute Gasteiger partial charge is 0.424 e. The van der Waals surface area contributed by atoms with E-state index in [9.17, 15) is 0 Å². The number of aromatic nitrogens is 2. The topological polar surface area (TPSA) is 42.2 Å². The van der Waals surface area contributed by atoms with Crippen LogP contribution in [0.5, 0.6) is 0 Å². The first kappa shape index (κ1) is 16.0. The van der Waals surface area contributed by atoms with Gasteiger partial charge in [0, 0.05) is 12.0 Å². The molecular weight excluding hydrogens is 274 g/mol. The molecule has 4 heteroatoms. The van der Waals surface area contributed by atoms with Gasteiger partial charge in [-0.25, -0.2) is 0 Å². The smallest absolute Gasteiger partial charge is 0.230 e. The minimum atomic E-state index is 0.319. The van der Waals surface area contributed by atoms with Crippen molar-refractivity contribution < 1.29 is 4.42 Å². The van der Waals surface area contributed by atoms with Crippen LogP contribution in [-0.4, -0.2) is 27.7 Å². The van der Waals surface area contributed by atoms with Crippen LogP contribution in [0.4, 0.5) is 0 Å². The molecule has 0 spiro atoms. The Bertz CT molecular complexity index is 451. The summed E-state index contributed by atoms with van der Waals surface area (Å²) in [5.74, 6) is 2.80. The summed E-state index contributed by atoms with van der Waals surface area (Å²) in [4.78, 5) is 2.65. The highest BCUT2D eigenvalue weighted by Crippen LogP contribution is 2.33. The highest BCUT2D eigenvalue weighted by molar-refractivity contribution is 4.90. The SMILES string of the molecule is CC(C)c1nnc(CN2CCCCC[C@@H]2C2CCCCC2)o1. The molecule has 1 aromatic rings. The van der Waals surface area contributed by atoms with E-state index in [1.807, 2.05) is 0 Å². The Kier molecular flexibility index (Phi) is 5.51. The van der Waals surface area contributed by atoms with Crippen LogP contribution in [0.3, 0.4) is 0 Å². The minimum absolute atomic E-state index is 0.319. The average molecular weight is 305 g/mol. The standard InChI is InChI=1S/C18H31N3O/c1-14(2)18-20-19-17(22-18)13-21-12-8-4-7-11-16(21)15-9-5-3-6-10-15/h14-16H,3-13H2,1-2H3/t16-/m1/s1. The summed E-state index contributed by atoms with van der Waals surface area (Å²) in [5, 5.41) is 8.48. The summed E-state index contributed by atoms with van der Waals surface area (Å²) >= 11 is 0. The first-order valence-electron chi connectivity index (χ1n) is 9.30. The highest BCUT2D eigenvalue weighted by atomic mass is 16.4. The van der Waals surface area contributed by atoms with E-state index in [2.05, 4.69) is 28.9 Å². The second-order valence-electron chi connectivity index (χ2n) is 7.47. The molecular formula is C18H31N3O. The maximum Gasteiger partial charge on any atom is 0.230 e. The average Bonchev–Trinajstić information content (AvgIpc) is 2.88. The first-order chi connectivity index (χ1) is 10.7. The molecule has 0 bridgehead atoms. The van der Waals surface area contributed by atoms with Crippen molar-refractivity contribution >= 4 is 0 Å². The normalized spacial score (nSPS) is 25.5. The third-order valence-electron chi connectivity index (χ3n) is 5.42. The van der Waals surface area contributed by atoms with Crippen LogP contribution in [0.2, 0.25) is 0 Å². The maximum absolute atomic E-state index is 5.86. The molecule has 2 heterocycles. The van der Waals surface area contributed by atoms with Gasteiger partial charge in [-0.15, -0.1) is 10.2 Å². The lowest BCUT2D eigenvalue weighted by atomic mass is 9.81. The van der Waals surface area contributed by atoms with Gasteiger partial charge in [0.15, 0.2) is 0 Å². The van der Waals surface area contributed by atoms with Crippen molar-refractivity contribution in [2.45, 2.75) is 90.1 Å². The van der Waals surface area contributed by atoms with E-state index in [-0.39, 0.29) is 0 Å². The fourth-order valence-electron chi connectivity index (χ4n) is 4.18. The molecule has 0 radical (unpaired) electrons. The fourth-order valence-corrected chi connectivity index (χ4v) is 4.18. The van der Waals surface area contributed by atoms with E-state index in [0.717, 1.165) is 30.3 Å². The highest BCUT2D eigenvalue weighted by Gasteiger charge is 2.30. The third-order valence-corrected chi connectivity index (χ3v) is 5.42. The van der Waals surface area contributed by atoms with Gasteiger partial charge in [0.1, 0.15) is 0 Å². The van der Waals surface area contributed by atoms with Gasteiger partial charge >= 0.3 is 0 Å². The van der Waals surface area contributed by atoms with Gasteiger partial charge < -0.3 is 4.42 Å². The lowest BCUT2D eigenvalue weighted by molar-refractivity contribution is 0.102. The molecule has 0 aromatic carbocycles. The summed E-state index contributed by atoms with van der Waals surface area (Å²) in [5.41, 5.74) is 0. The van der Waals surface area contributed by atoms with Crippen molar-refractivity contribution in [2.24, 2.45) is 5.92 Å². The Morgan fingerprint density at radius 1 is 1.00 bits per heavy atom. The summed E-state index contributed by atoms with van der Waals surface area (Å²) in [7, 11) is 0. The van der Waals surface area contributed by atoms with E-state index >= 15 is 0 Å². The number of hydrogen-bond donors (Lipinski definition) is 0. The third kappa shape index (κ3) is 3.89. The summed E-state index contributed by atoms with van der Waals surface area (Å²) in [6.07, 6.45) is 12.6. The molecule has 4 nitrogen and oxygen atoms in total. The van der Waals surface area contributed by atoms with Crippen molar-refractivity contribution in [1.29, 1.82) is 0 Å². The molecule has 1 saturated carbocycles. The van der Waals surface area contributed by atoms with E-state index in [4.69, 9.17) is 4.42 Å². The van der Waals surface area contributed by atoms with Crippen LogP contribution < -0.4 is 0 Å². The number of rotatable bonds is 4. The molecule has 2 fully saturated rings. The predicted molar refractivity (Wildman–Crippen MR) is 87.6 cm³/mol. The molecule has 1 aliphatic carbocycles. The number of likely N-dealkylation sites (tertiary alicyclic amines) is 1. The van der Waals surface area contributed by atoms with Crippen LogP contribution in [0, 0.1) is 5.92 Å². The predicted octanol–water partition coefficient (Wildman–Crippen LogP) is 4.52. The zero-order valence-electron chi connectivity index (χ0n) is 14.3. The fraction of sp³-hybridized carbons (Fsp3) is 0.889. The van der Waals surface area contributed by atoms with Crippen molar-refractivity contribution in [2.75, 3.05) is 6.54 Å². The Labute approximate surface area is 134 Å². The Balaban J connectivity index is 1.69. The zero-order chi connectivity index (χ0) is 15.4. The molecule has 124 valence electrons. The monoisotopic (exact) mass is 305 g/mol. The van der Waals surface area contributed by atoms with E-state index in [1.54, 1.807) is 0 Å². The van der Waals surface area contributed by atoms with Crippen LogP contribution in [0.25, 0.3) is 0 Å². The molecule has 0 unspecified atom stereocenters. The van der Waals surface area contributed by atoms with Crippen molar-refractivity contribution in [3.05, 3.63) is 11.8 Å². The van der Waals surface area contributed by atoms with E-state index in [1.165, 1.54) is 64.3 Å². The molecule has 3 rings (SSSR count). The number of hydrogen-bond acceptors (Lipinski definition) is 4. The molecule has 1 aromatic heterocycles. The Hall–Kier alpha value is -0.900. The molecule has 0 amide bonds. The molecule has 1 aliphatic heterocycles. The molecule has 0 N–H and O–H groups in total. The Morgan fingerprint density at radius 3 is 2.45 bits per heavy atom. The van der Waals surface area contributed by atoms with Crippen molar-refractivity contribution in [3.63, 3.8) is 0 Å². The van der Waals surface area contributed by atoms with Crippen LogP contribution in [0.15, 0.2) is 4.42 Å². The Morgan fingerprint density at radius 2 is 1.73 bits per heavy atom. The molecule has 1 atom stereocenters. The van der Waals surface area contributed by atoms with E-state index < -0.39 is 0 Å². The van der Waals surface area contributed by atoms with Gasteiger partial charge in [-0.3, -0.25) is 4.90 Å². The van der Waals surface area contributed by atoms with Crippen molar-refractivity contribution in [1.82, 2.24) is 15.1 Å². The van der Waals surface area contributed by atoms with Crippen LogP contribution in [-0.2, 0) is 6.54 Å². The van der Waals surface area contributed by atoms with Gasteiger partial charge in [-0.05, 0) is 38.1 Å². The zero-order valence-corrected chi connectivity index (χ0v) is 14.3. The summed E-state index contributed by atoms with van der Waals surface area (Å²) < 4.78 is 5.86. The lowest BCUT2D eigenvalue weighted by Gasteiger charge is -2.37. The van der Waals surface area contributed by atoms with Crippen LogP contribution in [0.1, 0.15) is 89.3 Å². The summed E-state index contributed by atoms with van der Waals surface area (Å²) in [6, 6.07) is 0.734. The summed E-state index contributed by atoms with van der Waals surface area (Å²) in [6.45, 7) is 6.25. The molecule has 22 heavy (non-hydrogen) atoms. The molecule has 1 saturated heterocycles. The second kappa shape index (κ2) is 7.58. The van der Waals surface area contributed by atoms with Crippen LogP contribution >= 0.6 is 0 Å². The second-order valence-corrected chi connectivity index (χ2v) is 7.47. The number of nitrogens with zero attached hydrogens (tertiary/aromatic N) is 3. The maximum atomic E-state index is 5.86. The lowest BCUT2D eigenvalue weighted by Crippen LogP contribution is -2.40. The van der Waals surface area contributed by atoms with Gasteiger partial charge in [-0.1, -0.05) is 46.0 Å². The quantitative estimate of drug-likeness (QED) is 0.820. The minimum Gasteiger partial charge on any atom is -0.424 e. The molecule has 2 aliphatic rings.